The number of piperazine rings is 1. The van der Waals surface area contributed by atoms with Crippen molar-refractivity contribution in [2.45, 2.75) is 13.5 Å². The smallest absolute Gasteiger partial charge is 0.246 e. The Kier molecular flexibility index (Phi) is 5.02. The van der Waals surface area contributed by atoms with Gasteiger partial charge in [-0.1, -0.05) is 6.07 Å². The SMILES string of the molecule is Cc1nc(/C=C/C(=O)N2CCN(Cc3cccs3)CC2)cs1. The zero-order valence-electron chi connectivity index (χ0n) is 12.6. The number of aryl methyl sites for hydroxylation is 1. The Morgan fingerprint density at radius 3 is 2.77 bits per heavy atom. The topological polar surface area (TPSA) is 36.4 Å². The van der Waals surface area contributed by atoms with Crippen molar-refractivity contribution in [2.75, 3.05) is 26.2 Å². The Morgan fingerprint density at radius 2 is 2.14 bits per heavy atom. The summed E-state index contributed by atoms with van der Waals surface area (Å²) in [7, 11) is 0. The minimum atomic E-state index is 0.0847. The summed E-state index contributed by atoms with van der Waals surface area (Å²) >= 11 is 3.39. The summed E-state index contributed by atoms with van der Waals surface area (Å²) in [5, 5.41) is 5.10. The minimum Gasteiger partial charge on any atom is -0.337 e. The third-order valence-corrected chi connectivity index (χ3v) is 5.33. The van der Waals surface area contributed by atoms with Gasteiger partial charge in [0, 0.05) is 49.1 Å². The third kappa shape index (κ3) is 4.03. The molecule has 0 radical (unpaired) electrons. The number of nitrogens with zero attached hydrogens (tertiary/aromatic N) is 3. The van der Waals surface area contributed by atoms with Gasteiger partial charge in [-0.15, -0.1) is 22.7 Å². The summed E-state index contributed by atoms with van der Waals surface area (Å²) in [6.07, 6.45) is 3.45. The molecule has 1 aliphatic rings. The van der Waals surface area contributed by atoms with Gasteiger partial charge in [0.15, 0.2) is 0 Å². The number of carbonyl (C=O) groups excluding carboxylic acids is 1. The monoisotopic (exact) mass is 333 g/mol. The maximum absolute atomic E-state index is 12.2. The van der Waals surface area contributed by atoms with Crippen LogP contribution in [0.3, 0.4) is 0 Å². The first-order valence-corrected chi connectivity index (χ1v) is 9.10. The molecule has 2 aromatic heterocycles. The zero-order valence-corrected chi connectivity index (χ0v) is 14.2. The van der Waals surface area contributed by atoms with Crippen LogP contribution in [-0.4, -0.2) is 46.9 Å². The third-order valence-electron chi connectivity index (χ3n) is 3.68. The lowest BCUT2D eigenvalue weighted by Gasteiger charge is -2.33. The number of amides is 1. The van der Waals surface area contributed by atoms with Crippen LogP contribution in [-0.2, 0) is 11.3 Å². The summed E-state index contributed by atoms with van der Waals surface area (Å²) in [4.78, 5) is 22.2. The molecule has 22 heavy (non-hydrogen) atoms. The summed E-state index contributed by atoms with van der Waals surface area (Å²) < 4.78 is 0. The van der Waals surface area contributed by atoms with E-state index in [1.165, 1.54) is 4.88 Å². The van der Waals surface area contributed by atoms with Crippen LogP contribution in [0, 0.1) is 6.92 Å². The van der Waals surface area contributed by atoms with E-state index in [4.69, 9.17) is 0 Å². The van der Waals surface area contributed by atoms with Gasteiger partial charge in [-0.25, -0.2) is 4.98 Å². The van der Waals surface area contributed by atoms with Crippen molar-refractivity contribution >= 4 is 34.7 Å². The fourth-order valence-electron chi connectivity index (χ4n) is 2.47. The van der Waals surface area contributed by atoms with Crippen molar-refractivity contribution in [2.24, 2.45) is 0 Å². The van der Waals surface area contributed by atoms with Gasteiger partial charge in [0.05, 0.1) is 10.7 Å². The van der Waals surface area contributed by atoms with Crippen molar-refractivity contribution in [3.05, 3.63) is 44.5 Å². The summed E-state index contributed by atoms with van der Waals surface area (Å²) in [5.41, 5.74) is 0.868. The number of thiophene rings is 1. The highest BCUT2D eigenvalue weighted by Crippen LogP contribution is 2.14. The normalized spacial score (nSPS) is 16.5. The van der Waals surface area contributed by atoms with Crippen molar-refractivity contribution in [1.29, 1.82) is 0 Å². The molecule has 1 amide bonds. The molecule has 6 heteroatoms. The molecule has 3 rings (SSSR count). The van der Waals surface area contributed by atoms with Crippen molar-refractivity contribution in [3.8, 4) is 0 Å². The minimum absolute atomic E-state index is 0.0847. The first kappa shape index (κ1) is 15.4. The Balaban J connectivity index is 1.48. The molecular weight excluding hydrogens is 314 g/mol. The average molecular weight is 333 g/mol. The first-order chi connectivity index (χ1) is 10.7. The number of aromatic nitrogens is 1. The summed E-state index contributed by atoms with van der Waals surface area (Å²) in [5.74, 6) is 0.0847. The van der Waals surface area contributed by atoms with Crippen molar-refractivity contribution in [3.63, 3.8) is 0 Å². The van der Waals surface area contributed by atoms with E-state index >= 15 is 0 Å². The maximum Gasteiger partial charge on any atom is 0.246 e. The first-order valence-electron chi connectivity index (χ1n) is 7.34. The van der Waals surface area contributed by atoms with Gasteiger partial charge in [-0.2, -0.15) is 0 Å². The van der Waals surface area contributed by atoms with E-state index < -0.39 is 0 Å². The molecule has 0 aromatic carbocycles. The quantitative estimate of drug-likeness (QED) is 0.807. The molecule has 0 unspecified atom stereocenters. The second-order valence-corrected chi connectivity index (χ2v) is 7.40. The van der Waals surface area contributed by atoms with Crippen LogP contribution in [0.2, 0.25) is 0 Å². The number of hydrogen-bond acceptors (Lipinski definition) is 5. The van der Waals surface area contributed by atoms with Crippen LogP contribution in [0.1, 0.15) is 15.6 Å². The largest absolute Gasteiger partial charge is 0.337 e. The van der Waals surface area contributed by atoms with E-state index in [1.54, 1.807) is 28.7 Å². The van der Waals surface area contributed by atoms with E-state index in [1.807, 2.05) is 23.3 Å². The second-order valence-electron chi connectivity index (χ2n) is 5.31. The Morgan fingerprint density at radius 1 is 1.32 bits per heavy atom. The fraction of sp³-hybridized carbons (Fsp3) is 0.375. The molecule has 0 saturated carbocycles. The molecule has 0 aliphatic carbocycles. The molecule has 116 valence electrons. The molecular formula is C16H19N3OS2. The van der Waals surface area contributed by atoms with Crippen LogP contribution in [0.15, 0.2) is 29.0 Å². The van der Waals surface area contributed by atoms with Gasteiger partial charge in [-0.3, -0.25) is 9.69 Å². The number of hydrogen-bond donors (Lipinski definition) is 0. The number of rotatable bonds is 4. The zero-order chi connectivity index (χ0) is 15.4. The highest BCUT2D eigenvalue weighted by atomic mass is 32.1. The second kappa shape index (κ2) is 7.17. The molecule has 1 saturated heterocycles. The molecule has 1 fully saturated rings. The highest BCUT2D eigenvalue weighted by Gasteiger charge is 2.19. The van der Waals surface area contributed by atoms with E-state index in [9.17, 15) is 4.79 Å². The lowest BCUT2D eigenvalue weighted by atomic mass is 10.3. The molecule has 0 atom stereocenters. The molecule has 3 heterocycles. The van der Waals surface area contributed by atoms with Crippen molar-refractivity contribution in [1.82, 2.24) is 14.8 Å². The standard InChI is InChI=1S/C16H19N3OS2/c1-13-17-14(12-22-13)4-5-16(20)19-8-6-18(7-9-19)11-15-3-2-10-21-15/h2-5,10,12H,6-9,11H2,1H3/b5-4+. The number of thiazole rings is 1. The van der Waals surface area contributed by atoms with E-state index in [0.29, 0.717) is 0 Å². The lowest BCUT2D eigenvalue weighted by molar-refractivity contribution is -0.127. The molecule has 4 nitrogen and oxygen atoms in total. The summed E-state index contributed by atoms with van der Waals surface area (Å²) in [6.45, 7) is 6.43. The fourth-order valence-corrected chi connectivity index (χ4v) is 3.79. The van der Waals surface area contributed by atoms with Gasteiger partial charge < -0.3 is 4.90 Å². The predicted molar refractivity (Wildman–Crippen MR) is 92.1 cm³/mol. The van der Waals surface area contributed by atoms with Gasteiger partial charge in [0.25, 0.3) is 0 Å². The Bertz CT molecular complexity index is 640. The van der Waals surface area contributed by atoms with Gasteiger partial charge in [0.1, 0.15) is 0 Å². The van der Waals surface area contributed by atoms with E-state index in [-0.39, 0.29) is 5.91 Å². The van der Waals surface area contributed by atoms with Gasteiger partial charge >= 0.3 is 0 Å². The van der Waals surface area contributed by atoms with Crippen molar-refractivity contribution < 1.29 is 4.79 Å². The highest BCUT2D eigenvalue weighted by molar-refractivity contribution is 7.10. The number of carbonyl (C=O) groups is 1. The van der Waals surface area contributed by atoms with E-state index in [0.717, 1.165) is 43.4 Å². The van der Waals surface area contributed by atoms with Crippen LogP contribution in [0.5, 0.6) is 0 Å². The molecule has 0 bridgehead atoms. The lowest BCUT2D eigenvalue weighted by Crippen LogP contribution is -2.47. The maximum atomic E-state index is 12.2. The Hall–Kier alpha value is -1.50. The average Bonchev–Trinajstić information content (AvgIpc) is 3.17. The Labute approximate surface area is 138 Å². The molecule has 0 N–H and O–H groups in total. The van der Waals surface area contributed by atoms with Gasteiger partial charge in [0.2, 0.25) is 5.91 Å². The summed E-state index contributed by atoms with van der Waals surface area (Å²) in [6, 6.07) is 4.26. The van der Waals surface area contributed by atoms with Crippen LogP contribution >= 0.6 is 22.7 Å². The molecule has 0 spiro atoms. The van der Waals surface area contributed by atoms with Gasteiger partial charge in [-0.05, 0) is 24.4 Å². The predicted octanol–water partition coefficient (Wildman–Crippen LogP) is 2.87. The molecule has 2 aromatic rings. The van der Waals surface area contributed by atoms with E-state index in [2.05, 4.69) is 27.4 Å². The molecule has 1 aliphatic heterocycles. The van der Waals surface area contributed by atoms with Crippen LogP contribution in [0.25, 0.3) is 6.08 Å². The van der Waals surface area contributed by atoms with Crippen LogP contribution in [0.4, 0.5) is 0 Å². The van der Waals surface area contributed by atoms with Crippen LogP contribution < -0.4 is 0 Å².